The second-order valence-corrected chi connectivity index (χ2v) is 10.1. The second kappa shape index (κ2) is 9.23. The van der Waals surface area contributed by atoms with Gasteiger partial charge in [0.15, 0.2) is 0 Å². The summed E-state index contributed by atoms with van der Waals surface area (Å²) in [5, 5.41) is 0. The first-order valence-electron chi connectivity index (χ1n) is 5.29. The number of carbonyl (C=O) groups is 1. The quantitative estimate of drug-likeness (QED) is 0.265. The Morgan fingerprint density at radius 3 is 2.75 bits per heavy atom. The van der Waals surface area contributed by atoms with Crippen LogP contribution in [0.25, 0.3) is 0 Å². The summed E-state index contributed by atoms with van der Waals surface area (Å²) in [4.78, 5) is 10.7. The molecule has 6 heteroatoms. The third-order valence-corrected chi connectivity index (χ3v) is 8.79. The molecule has 0 aliphatic carbocycles. The number of allylic oxidation sites excluding steroid dienone is 1. The number of unbranched alkanes of at least 4 members (excludes halogenated alkanes) is 2. The summed E-state index contributed by atoms with van der Waals surface area (Å²) in [5.41, 5.74) is -2.17. The van der Waals surface area contributed by atoms with Gasteiger partial charge in [-0.3, -0.25) is 9.46 Å². The molecule has 0 rings (SSSR count). The lowest BCUT2D eigenvalue weighted by molar-refractivity contribution is -0.113. The van der Waals surface area contributed by atoms with Crippen LogP contribution in [0, 0.1) is 0 Å². The molecule has 0 aromatic carbocycles. The van der Waals surface area contributed by atoms with E-state index in [-0.39, 0.29) is 0 Å². The first-order valence-corrected chi connectivity index (χ1v) is 9.55. The molecule has 0 N–H and O–H groups in total. The molecule has 1 atom stereocenters. The molecule has 0 bridgehead atoms. The molecule has 94 valence electrons. The van der Waals surface area contributed by atoms with E-state index in [9.17, 15) is 4.79 Å². The Kier molecular flexibility index (Phi) is 9.32. The van der Waals surface area contributed by atoms with Crippen LogP contribution in [0.5, 0.6) is 0 Å². The van der Waals surface area contributed by atoms with Crippen LogP contribution in [0.15, 0.2) is 12.7 Å². The molecular weight excluding hydrogens is 261 g/mol. The first kappa shape index (κ1) is 16.2. The number of carbonyl (C=O) groups excluding carboxylic acids is 1. The van der Waals surface area contributed by atoms with Crippen LogP contribution >= 0.6 is 17.0 Å². The van der Waals surface area contributed by atoms with Crippen molar-refractivity contribution >= 4 is 35.2 Å². The highest BCUT2D eigenvalue weighted by atomic mass is 32.9. The third kappa shape index (κ3) is 6.04. The summed E-state index contributed by atoms with van der Waals surface area (Å²) in [6, 6.07) is 0. The Hall–Kier alpha value is 0.170. The van der Waals surface area contributed by atoms with Gasteiger partial charge in [-0.2, -0.15) is 0 Å². The first-order chi connectivity index (χ1) is 7.60. The van der Waals surface area contributed by atoms with Crippen molar-refractivity contribution in [3.8, 4) is 0 Å². The zero-order chi connectivity index (χ0) is 12.4. The van der Waals surface area contributed by atoms with Crippen LogP contribution in [0.3, 0.4) is 0 Å². The molecule has 0 saturated carbocycles. The van der Waals surface area contributed by atoms with E-state index in [4.69, 9.17) is 16.3 Å². The van der Waals surface area contributed by atoms with Crippen LogP contribution in [-0.2, 0) is 21.1 Å². The van der Waals surface area contributed by atoms with Crippen LogP contribution < -0.4 is 0 Å². The molecule has 3 nitrogen and oxygen atoms in total. The average molecular weight is 281 g/mol. The lowest BCUT2D eigenvalue weighted by Crippen LogP contribution is -2.12. The van der Waals surface area contributed by atoms with Crippen molar-refractivity contribution < 1.29 is 9.32 Å². The van der Waals surface area contributed by atoms with Crippen molar-refractivity contribution in [1.82, 2.24) is 4.67 Å². The van der Waals surface area contributed by atoms with E-state index in [1.165, 1.54) is 4.67 Å². The van der Waals surface area contributed by atoms with Gasteiger partial charge in [-0.25, -0.2) is 0 Å². The van der Waals surface area contributed by atoms with E-state index >= 15 is 0 Å². The van der Waals surface area contributed by atoms with Gasteiger partial charge in [0, 0.05) is 12.8 Å². The second-order valence-electron chi connectivity index (χ2n) is 3.18. The Morgan fingerprint density at radius 1 is 1.56 bits per heavy atom. The number of nitrogens with zero attached hydrogens (tertiary/aromatic N) is 1. The van der Waals surface area contributed by atoms with Gasteiger partial charge >= 0.3 is 0 Å². The molecule has 0 aliphatic rings. The summed E-state index contributed by atoms with van der Waals surface area (Å²) in [5.74, 6) is 0.934. The van der Waals surface area contributed by atoms with Crippen molar-refractivity contribution in [2.75, 3.05) is 19.4 Å². The highest BCUT2D eigenvalue weighted by Crippen LogP contribution is 2.61. The van der Waals surface area contributed by atoms with Crippen molar-refractivity contribution in [3.63, 3.8) is 0 Å². The summed E-state index contributed by atoms with van der Waals surface area (Å²) >= 11 is 7.02. The largest absolute Gasteiger partial charge is 0.327 e. The molecule has 0 fully saturated rings. The molecule has 0 radical (unpaired) electrons. The fourth-order valence-electron chi connectivity index (χ4n) is 1.01. The minimum atomic E-state index is -2.17. The van der Waals surface area contributed by atoms with E-state index in [1.807, 2.05) is 13.0 Å². The number of hydrogen-bond donors (Lipinski definition) is 0. The average Bonchev–Trinajstić information content (AvgIpc) is 2.28. The van der Waals surface area contributed by atoms with E-state index in [2.05, 4.69) is 6.58 Å². The van der Waals surface area contributed by atoms with Gasteiger partial charge in [0.2, 0.25) is 12.0 Å². The molecule has 0 aromatic heterocycles. The van der Waals surface area contributed by atoms with Crippen molar-refractivity contribution in [2.24, 2.45) is 0 Å². The van der Waals surface area contributed by atoms with Crippen LogP contribution in [0.1, 0.15) is 26.2 Å². The molecule has 1 amide bonds. The van der Waals surface area contributed by atoms with Crippen molar-refractivity contribution in [2.45, 2.75) is 26.2 Å². The molecule has 0 aliphatic heterocycles. The fraction of sp³-hybridized carbons (Fsp3) is 0.700. The molecular formula is C10H20NO2PS2. The van der Waals surface area contributed by atoms with E-state index in [0.29, 0.717) is 6.61 Å². The highest BCUT2D eigenvalue weighted by Gasteiger charge is 2.22. The van der Waals surface area contributed by atoms with E-state index in [0.717, 1.165) is 31.4 Å². The van der Waals surface area contributed by atoms with Crippen molar-refractivity contribution in [1.29, 1.82) is 0 Å². The number of amides is 1. The summed E-state index contributed by atoms with van der Waals surface area (Å²) in [7, 11) is 1.69. The third-order valence-electron chi connectivity index (χ3n) is 1.89. The summed E-state index contributed by atoms with van der Waals surface area (Å²) in [6.07, 6.45) is 5.90. The van der Waals surface area contributed by atoms with E-state index in [1.54, 1.807) is 18.4 Å². The van der Waals surface area contributed by atoms with E-state index < -0.39 is 5.62 Å². The molecule has 0 spiro atoms. The van der Waals surface area contributed by atoms with Gasteiger partial charge < -0.3 is 4.52 Å². The van der Waals surface area contributed by atoms with Crippen LogP contribution in [0.2, 0.25) is 0 Å². The Labute approximate surface area is 108 Å². The van der Waals surface area contributed by atoms with Crippen LogP contribution in [0.4, 0.5) is 0 Å². The maximum atomic E-state index is 10.7. The van der Waals surface area contributed by atoms with Crippen LogP contribution in [-0.4, -0.2) is 30.5 Å². The SMILES string of the molecule is C=CCCCCSP(=S)(OCC)N(C)C=O. The topological polar surface area (TPSA) is 29.5 Å². The Morgan fingerprint density at radius 2 is 2.25 bits per heavy atom. The lowest BCUT2D eigenvalue weighted by Gasteiger charge is -2.27. The minimum Gasteiger partial charge on any atom is -0.327 e. The Balaban J connectivity index is 4.07. The van der Waals surface area contributed by atoms with Gasteiger partial charge in [-0.05, 0) is 38.0 Å². The predicted molar refractivity (Wildman–Crippen MR) is 76.2 cm³/mol. The molecule has 16 heavy (non-hydrogen) atoms. The molecule has 0 aromatic rings. The lowest BCUT2D eigenvalue weighted by atomic mass is 10.2. The minimum absolute atomic E-state index is 0.551. The van der Waals surface area contributed by atoms with Gasteiger partial charge in [0.1, 0.15) is 0 Å². The smallest absolute Gasteiger partial charge is 0.215 e. The Bertz CT molecular complexity index is 261. The standard InChI is InChI=1S/C10H20NO2PS2/c1-4-6-7-8-9-16-14(15,13-5-2)11(3)10-12/h4,10H,1,5-9H2,2-3H3. The van der Waals surface area contributed by atoms with Gasteiger partial charge in [-0.15, -0.1) is 6.58 Å². The molecule has 1 unspecified atom stereocenters. The van der Waals surface area contributed by atoms with Gasteiger partial charge in [0.25, 0.3) is 0 Å². The molecule has 0 heterocycles. The molecule has 0 saturated heterocycles. The monoisotopic (exact) mass is 281 g/mol. The maximum absolute atomic E-state index is 10.7. The van der Waals surface area contributed by atoms with Gasteiger partial charge in [-0.1, -0.05) is 17.5 Å². The number of hydrogen-bond acceptors (Lipinski definition) is 4. The van der Waals surface area contributed by atoms with Crippen molar-refractivity contribution in [3.05, 3.63) is 12.7 Å². The summed E-state index contributed by atoms with van der Waals surface area (Å²) in [6.45, 7) is 6.13. The fourth-order valence-corrected chi connectivity index (χ4v) is 5.84. The number of rotatable bonds is 10. The zero-order valence-electron chi connectivity index (χ0n) is 9.92. The zero-order valence-corrected chi connectivity index (χ0v) is 12.5. The highest BCUT2D eigenvalue weighted by molar-refractivity contribution is 8.68. The normalized spacial score (nSPS) is 14.1. The maximum Gasteiger partial charge on any atom is 0.215 e. The van der Waals surface area contributed by atoms with Gasteiger partial charge in [0.05, 0.1) is 6.61 Å². The predicted octanol–water partition coefficient (Wildman–Crippen LogP) is 3.43. The summed E-state index contributed by atoms with van der Waals surface area (Å²) < 4.78 is 7.06.